The second-order valence-corrected chi connectivity index (χ2v) is 4.05. The maximum atomic E-state index is 4.46. The Labute approximate surface area is 125 Å². The summed E-state index contributed by atoms with van der Waals surface area (Å²) in [6, 6.07) is 21.2. The van der Waals surface area contributed by atoms with E-state index in [2.05, 4.69) is 23.2 Å². The van der Waals surface area contributed by atoms with Crippen LogP contribution in [0, 0.1) is 6.07 Å². The zero-order valence-corrected chi connectivity index (χ0v) is 12.8. The van der Waals surface area contributed by atoms with Gasteiger partial charge in [0.15, 0.2) is 5.69 Å². The predicted octanol–water partition coefficient (Wildman–Crippen LogP) is 2.16. The fraction of sp³-hybridized carbons (Fsp3) is 0.0667. The van der Waals surface area contributed by atoms with Gasteiger partial charge in [-0.1, -0.05) is 28.7 Å². The van der Waals surface area contributed by atoms with Crippen molar-refractivity contribution in [3.63, 3.8) is 0 Å². The standard InChI is InChI=1S/C15H13N3.Ir/c1-17-15(13-8-4-2-5-9-13)16-12-18(17)14-10-6-3-7-11-14;/h2-8,10-12H,1H3;. The average Bonchev–Trinajstić information content (AvgIpc) is 2.83. The number of benzene rings is 2. The topological polar surface area (TPSA) is 21.7 Å². The third-order valence-corrected chi connectivity index (χ3v) is 2.89. The Bertz CT molecular complexity index is 591. The van der Waals surface area contributed by atoms with Gasteiger partial charge in [-0.3, -0.25) is 0 Å². The van der Waals surface area contributed by atoms with Gasteiger partial charge in [-0.15, -0.1) is 35.0 Å². The Morgan fingerprint density at radius 2 is 1.79 bits per heavy atom. The third kappa shape index (κ3) is 2.65. The summed E-state index contributed by atoms with van der Waals surface area (Å²) < 4.78 is 4.03. The van der Waals surface area contributed by atoms with E-state index in [1.54, 1.807) is 0 Å². The molecule has 0 fully saturated rings. The summed E-state index contributed by atoms with van der Waals surface area (Å²) >= 11 is 0. The molecule has 0 saturated heterocycles. The van der Waals surface area contributed by atoms with Gasteiger partial charge in [0.1, 0.15) is 0 Å². The molecule has 1 aromatic heterocycles. The normalized spacial score (nSPS) is 9.95. The number of nitrogens with zero attached hydrogens (tertiary/aromatic N) is 3. The van der Waals surface area contributed by atoms with Gasteiger partial charge in [0.25, 0.3) is 0 Å². The largest absolute Gasteiger partial charge is 0.301 e. The molecule has 1 radical (unpaired) electrons. The van der Waals surface area contributed by atoms with Crippen molar-refractivity contribution >= 4 is 0 Å². The van der Waals surface area contributed by atoms with E-state index < -0.39 is 0 Å². The van der Waals surface area contributed by atoms with E-state index in [4.69, 9.17) is 0 Å². The SMILES string of the molecule is Cn1c(-c2[c-]cccc2)nc[n+]1-c1ccccc1.[Ir]. The van der Waals surface area contributed by atoms with Crippen molar-refractivity contribution in [1.29, 1.82) is 0 Å². The summed E-state index contributed by atoms with van der Waals surface area (Å²) in [5.74, 6) is 0.902. The number of aromatic nitrogens is 3. The van der Waals surface area contributed by atoms with Gasteiger partial charge in [0.05, 0.1) is 0 Å². The van der Waals surface area contributed by atoms with Crippen molar-refractivity contribution in [3.05, 3.63) is 67.0 Å². The molecule has 0 unspecified atom stereocenters. The minimum Gasteiger partial charge on any atom is -0.211 e. The van der Waals surface area contributed by atoms with Crippen LogP contribution in [0.1, 0.15) is 0 Å². The Morgan fingerprint density at radius 3 is 2.47 bits per heavy atom. The molecule has 97 valence electrons. The van der Waals surface area contributed by atoms with E-state index in [0.29, 0.717) is 0 Å². The van der Waals surface area contributed by atoms with Gasteiger partial charge in [-0.25, -0.2) is 4.68 Å². The summed E-state index contributed by atoms with van der Waals surface area (Å²) in [5, 5.41) is 0. The van der Waals surface area contributed by atoms with Crippen molar-refractivity contribution in [3.8, 4) is 17.1 Å². The molecule has 0 bridgehead atoms. The minimum atomic E-state index is 0. The number of hydrogen-bond acceptors (Lipinski definition) is 1. The van der Waals surface area contributed by atoms with E-state index >= 15 is 0 Å². The second-order valence-electron chi connectivity index (χ2n) is 4.05. The van der Waals surface area contributed by atoms with Crippen LogP contribution in [0.4, 0.5) is 0 Å². The van der Waals surface area contributed by atoms with Crippen LogP contribution in [0.2, 0.25) is 0 Å². The van der Waals surface area contributed by atoms with Crippen LogP contribution < -0.4 is 4.68 Å². The molecule has 3 aromatic rings. The maximum Gasteiger partial charge on any atom is 0.301 e. The van der Waals surface area contributed by atoms with Gasteiger partial charge < -0.3 is 0 Å². The molecular formula is C15H13IrN3. The van der Waals surface area contributed by atoms with Gasteiger partial charge in [-0.05, 0) is 12.1 Å². The Hall–Kier alpha value is -1.77. The molecule has 0 amide bonds. The van der Waals surface area contributed by atoms with E-state index in [9.17, 15) is 0 Å². The first-order chi connectivity index (χ1) is 8.86. The molecular weight excluding hydrogens is 414 g/mol. The minimum absolute atomic E-state index is 0. The second kappa shape index (κ2) is 5.91. The predicted molar refractivity (Wildman–Crippen MR) is 69.0 cm³/mol. The molecule has 3 rings (SSSR count). The first kappa shape index (κ1) is 13.7. The smallest absolute Gasteiger partial charge is 0.211 e. The van der Waals surface area contributed by atoms with Crippen LogP contribution in [-0.4, -0.2) is 9.67 Å². The summed E-state index contributed by atoms with van der Waals surface area (Å²) in [7, 11) is 2.00. The van der Waals surface area contributed by atoms with Crippen LogP contribution in [0.15, 0.2) is 60.9 Å². The Balaban J connectivity index is 0.00000133. The first-order valence-electron chi connectivity index (χ1n) is 5.82. The average molecular weight is 428 g/mol. The van der Waals surface area contributed by atoms with Gasteiger partial charge in [-0.2, -0.15) is 0 Å². The molecule has 0 aliphatic heterocycles. The van der Waals surface area contributed by atoms with Crippen LogP contribution in [0.3, 0.4) is 0 Å². The van der Waals surface area contributed by atoms with Crippen molar-refractivity contribution in [2.24, 2.45) is 7.05 Å². The Kier molecular flexibility index (Phi) is 4.25. The molecule has 0 spiro atoms. The molecule has 0 aliphatic rings. The van der Waals surface area contributed by atoms with Gasteiger partial charge in [0, 0.05) is 27.2 Å². The summed E-state index contributed by atoms with van der Waals surface area (Å²) in [4.78, 5) is 4.46. The van der Waals surface area contributed by atoms with Crippen molar-refractivity contribution in [2.75, 3.05) is 0 Å². The summed E-state index contributed by atoms with van der Waals surface area (Å²) in [5.41, 5.74) is 2.09. The Morgan fingerprint density at radius 1 is 1.05 bits per heavy atom. The van der Waals surface area contributed by atoms with E-state index in [0.717, 1.165) is 17.1 Å². The zero-order valence-electron chi connectivity index (χ0n) is 10.4. The maximum absolute atomic E-state index is 4.46. The van der Waals surface area contributed by atoms with Crippen molar-refractivity contribution in [1.82, 2.24) is 9.67 Å². The van der Waals surface area contributed by atoms with Gasteiger partial charge >= 0.3 is 6.33 Å². The van der Waals surface area contributed by atoms with Crippen molar-refractivity contribution in [2.45, 2.75) is 0 Å². The van der Waals surface area contributed by atoms with E-state index in [1.165, 1.54) is 0 Å². The molecule has 0 aliphatic carbocycles. The summed E-state index contributed by atoms with van der Waals surface area (Å²) in [6.45, 7) is 0. The molecule has 2 aromatic carbocycles. The number of hydrogen-bond donors (Lipinski definition) is 0. The van der Waals surface area contributed by atoms with E-state index in [-0.39, 0.29) is 20.1 Å². The molecule has 19 heavy (non-hydrogen) atoms. The zero-order chi connectivity index (χ0) is 12.4. The molecule has 0 N–H and O–H groups in total. The van der Waals surface area contributed by atoms with Gasteiger partial charge in [0.2, 0.25) is 5.82 Å². The third-order valence-electron chi connectivity index (χ3n) is 2.89. The van der Waals surface area contributed by atoms with Crippen LogP contribution in [-0.2, 0) is 27.2 Å². The summed E-state index contributed by atoms with van der Waals surface area (Å²) in [6.07, 6.45) is 1.82. The first-order valence-corrected chi connectivity index (χ1v) is 5.82. The number of para-hydroxylation sites is 1. The van der Waals surface area contributed by atoms with Crippen LogP contribution >= 0.6 is 0 Å². The quantitative estimate of drug-likeness (QED) is 0.454. The molecule has 1 heterocycles. The van der Waals surface area contributed by atoms with Crippen molar-refractivity contribution < 1.29 is 24.8 Å². The molecule has 4 heteroatoms. The fourth-order valence-electron chi connectivity index (χ4n) is 1.97. The number of rotatable bonds is 2. The van der Waals surface area contributed by atoms with Crippen LogP contribution in [0.5, 0.6) is 0 Å². The molecule has 3 nitrogen and oxygen atoms in total. The molecule has 0 atom stereocenters. The fourth-order valence-corrected chi connectivity index (χ4v) is 1.97. The van der Waals surface area contributed by atoms with Crippen LogP contribution in [0.25, 0.3) is 17.1 Å². The monoisotopic (exact) mass is 428 g/mol. The molecule has 0 saturated carbocycles. The van der Waals surface area contributed by atoms with E-state index in [1.807, 2.05) is 65.2 Å².